The van der Waals surface area contributed by atoms with Crippen molar-refractivity contribution in [3.63, 3.8) is 0 Å². The van der Waals surface area contributed by atoms with Crippen molar-refractivity contribution in [1.29, 1.82) is 0 Å². The molecule has 1 aromatic rings. The van der Waals surface area contributed by atoms with Crippen LogP contribution in [-0.2, 0) is 4.74 Å². The van der Waals surface area contributed by atoms with E-state index in [0.29, 0.717) is 30.7 Å². The molecule has 2 aliphatic rings. The Morgan fingerprint density at radius 3 is 3.12 bits per heavy atom. The highest BCUT2D eigenvalue weighted by molar-refractivity contribution is 5.39. The molecule has 0 amide bonds. The van der Waals surface area contributed by atoms with Gasteiger partial charge in [0.1, 0.15) is 12.1 Å². The van der Waals surface area contributed by atoms with Crippen LogP contribution in [0.15, 0.2) is 12.4 Å². The first-order chi connectivity index (χ1) is 8.35. The molecule has 0 radical (unpaired) electrons. The molecule has 0 spiro atoms. The van der Waals surface area contributed by atoms with Gasteiger partial charge in [-0.05, 0) is 26.2 Å². The van der Waals surface area contributed by atoms with Crippen LogP contribution in [0.5, 0.6) is 5.88 Å². The van der Waals surface area contributed by atoms with Crippen LogP contribution < -0.4 is 10.1 Å². The van der Waals surface area contributed by atoms with Crippen LogP contribution in [-0.4, -0.2) is 34.8 Å². The molecular weight excluding hydrogens is 218 g/mol. The molecule has 3 atom stereocenters. The van der Waals surface area contributed by atoms with Crippen molar-refractivity contribution in [2.45, 2.75) is 44.4 Å². The molecule has 0 saturated carbocycles. The molecule has 2 saturated heterocycles. The van der Waals surface area contributed by atoms with Gasteiger partial charge in [0.15, 0.2) is 0 Å². The van der Waals surface area contributed by atoms with Crippen LogP contribution in [0.3, 0.4) is 0 Å². The lowest BCUT2D eigenvalue weighted by atomic mass is 9.95. The Labute approximate surface area is 101 Å². The summed E-state index contributed by atoms with van der Waals surface area (Å²) < 4.78 is 11.1. The minimum atomic E-state index is 0.352. The maximum atomic E-state index is 5.80. The van der Waals surface area contributed by atoms with Gasteiger partial charge in [0, 0.05) is 6.07 Å². The lowest BCUT2D eigenvalue weighted by Gasteiger charge is -2.20. The van der Waals surface area contributed by atoms with Gasteiger partial charge in [0.05, 0.1) is 24.9 Å². The Hall–Kier alpha value is -1.36. The van der Waals surface area contributed by atoms with E-state index in [1.807, 2.05) is 13.0 Å². The quantitative estimate of drug-likeness (QED) is 0.859. The molecule has 1 N–H and O–H groups in total. The summed E-state index contributed by atoms with van der Waals surface area (Å²) in [5, 5.41) is 3.41. The fraction of sp³-hybridized carbons (Fsp3) is 0.667. The van der Waals surface area contributed by atoms with Crippen molar-refractivity contribution in [1.82, 2.24) is 9.97 Å². The monoisotopic (exact) mass is 235 g/mol. The van der Waals surface area contributed by atoms with Gasteiger partial charge in [-0.2, -0.15) is 0 Å². The number of fused-ring (bicyclic) bond motifs is 2. The van der Waals surface area contributed by atoms with Gasteiger partial charge in [-0.3, -0.25) is 0 Å². The van der Waals surface area contributed by atoms with Crippen LogP contribution in [0, 0.1) is 0 Å². The number of hydrogen-bond donors (Lipinski definition) is 1. The maximum Gasteiger partial charge on any atom is 0.218 e. The smallest absolute Gasteiger partial charge is 0.218 e. The minimum Gasteiger partial charge on any atom is -0.478 e. The highest BCUT2D eigenvalue weighted by Gasteiger charge is 2.40. The summed E-state index contributed by atoms with van der Waals surface area (Å²) in [6.07, 6.45) is 5.78. The first-order valence-corrected chi connectivity index (χ1v) is 6.22. The van der Waals surface area contributed by atoms with E-state index in [0.717, 1.165) is 18.7 Å². The van der Waals surface area contributed by atoms with E-state index in [-0.39, 0.29) is 0 Å². The Morgan fingerprint density at radius 2 is 2.41 bits per heavy atom. The van der Waals surface area contributed by atoms with Gasteiger partial charge in [0.2, 0.25) is 5.88 Å². The third-order valence-electron chi connectivity index (χ3n) is 3.37. The average Bonchev–Trinajstić information content (AvgIpc) is 2.92. The van der Waals surface area contributed by atoms with Crippen molar-refractivity contribution < 1.29 is 9.47 Å². The molecule has 0 aliphatic carbocycles. The first kappa shape index (κ1) is 10.8. The molecule has 5 heteroatoms. The van der Waals surface area contributed by atoms with Crippen LogP contribution in [0.2, 0.25) is 0 Å². The third kappa shape index (κ3) is 2.20. The molecule has 2 aliphatic heterocycles. The predicted octanol–water partition coefficient (Wildman–Crippen LogP) is 1.61. The number of aromatic nitrogens is 2. The molecule has 2 bridgehead atoms. The summed E-state index contributed by atoms with van der Waals surface area (Å²) in [6.45, 7) is 2.56. The van der Waals surface area contributed by atoms with Crippen molar-refractivity contribution in [3.8, 4) is 5.88 Å². The van der Waals surface area contributed by atoms with Crippen LogP contribution in [0.1, 0.15) is 26.2 Å². The molecular formula is C12H17N3O2. The topological polar surface area (TPSA) is 56.3 Å². The van der Waals surface area contributed by atoms with Crippen molar-refractivity contribution in [2.24, 2.45) is 0 Å². The first-order valence-electron chi connectivity index (χ1n) is 6.22. The minimum absolute atomic E-state index is 0.352. The molecule has 5 nitrogen and oxygen atoms in total. The summed E-state index contributed by atoms with van der Waals surface area (Å²) in [6, 6.07) is 2.23. The highest BCUT2D eigenvalue weighted by Crippen LogP contribution is 2.35. The van der Waals surface area contributed by atoms with Crippen molar-refractivity contribution in [2.75, 3.05) is 11.9 Å². The van der Waals surface area contributed by atoms with Gasteiger partial charge >= 0.3 is 0 Å². The Kier molecular flexibility index (Phi) is 2.84. The van der Waals surface area contributed by atoms with Crippen LogP contribution in [0.25, 0.3) is 0 Å². The van der Waals surface area contributed by atoms with Gasteiger partial charge in [-0.15, -0.1) is 0 Å². The van der Waals surface area contributed by atoms with E-state index >= 15 is 0 Å². The molecule has 17 heavy (non-hydrogen) atoms. The molecule has 1 aromatic heterocycles. The summed E-state index contributed by atoms with van der Waals surface area (Å²) in [5.41, 5.74) is 0. The van der Waals surface area contributed by atoms with Crippen molar-refractivity contribution >= 4 is 5.82 Å². The van der Waals surface area contributed by atoms with E-state index in [1.165, 1.54) is 12.7 Å². The number of ether oxygens (including phenoxy) is 2. The second-order valence-electron chi connectivity index (χ2n) is 4.53. The summed E-state index contributed by atoms with van der Waals surface area (Å²) in [5.74, 6) is 1.44. The standard InChI is InChI=1S/C12H17N3O2/c1-2-16-12-6-11(13-7-14-12)15-9-5-8-3-4-10(9)17-8/h6-10H,2-5H2,1H3,(H,13,14,15). The number of anilines is 1. The summed E-state index contributed by atoms with van der Waals surface area (Å²) in [7, 11) is 0. The molecule has 0 aromatic carbocycles. The number of hydrogen-bond acceptors (Lipinski definition) is 5. The van der Waals surface area contributed by atoms with Crippen molar-refractivity contribution in [3.05, 3.63) is 12.4 Å². The third-order valence-corrected chi connectivity index (χ3v) is 3.37. The Bertz CT molecular complexity index is 399. The van der Waals surface area contributed by atoms with E-state index < -0.39 is 0 Å². The van der Waals surface area contributed by atoms with Gasteiger partial charge < -0.3 is 14.8 Å². The van der Waals surface area contributed by atoms with E-state index in [4.69, 9.17) is 9.47 Å². The van der Waals surface area contributed by atoms with E-state index in [9.17, 15) is 0 Å². The fourth-order valence-corrected chi connectivity index (χ4v) is 2.62. The van der Waals surface area contributed by atoms with Crippen LogP contribution in [0.4, 0.5) is 5.82 Å². The summed E-state index contributed by atoms with van der Waals surface area (Å²) >= 11 is 0. The zero-order valence-corrected chi connectivity index (χ0v) is 9.93. The lowest BCUT2D eigenvalue weighted by molar-refractivity contribution is 0.102. The number of rotatable bonds is 4. The molecule has 92 valence electrons. The highest BCUT2D eigenvalue weighted by atomic mass is 16.5. The second-order valence-corrected chi connectivity index (χ2v) is 4.53. The lowest BCUT2D eigenvalue weighted by Crippen LogP contribution is -2.30. The van der Waals surface area contributed by atoms with Gasteiger partial charge in [-0.1, -0.05) is 0 Å². The fourth-order valence-electron chi connectivity index (χ4n) is 2.62. The molecule has 3 unspecified atom stereocenters. The van der Waals surface area contributed by atoms with E-state index in [2.05, 4.69) is 15.3 Å². The number of nitrogens with one attached hydrogen (secondary N) is 1. The summed E-state index contributed by atoms with van der Waals surface area (Å²) in [4.78, 5) is 8.26. The normalized spacial score (nSPS) is 30.5. The SMILES string of the molecule is CCOc1cc(NC2CC3CCC2O3)ncn1. The zero-order valence-electron chi connectivity index (χ0n) is 9.93. The number of nitrogens with zero attached hydrogens (tertiary/aromatic N) is 2. The molecule has 3 heterocycles. The molecule has 3 rings (SSSR count). The molecule has 2 fully saturated rings. The zero-order chi connectivity index (χ0) is 11.7. The Balaban J connectivity index is 1.66. The predicted molar refractivity (Wildman–Crippen MR) is 63.1 cm³/mol. The van der Waals surface area contributed by atoms with Gasteiger partial charge in [-0.25, -0.2) is 9.97 Å². The largest absolute Gasteiger partial charge is 0.478 e. The second kappa shape index (κ2) is 4.49. The van der Waals surface area contributed by atoms with Gasteiger partial charge in [0.25, 0.3) is 0 Å². The van der Waals surface area contributed by atoms with E-state index in [1.54, 1.807) is 0 Å². The van der Waals surface area contributed by atoms with Crippen LogP contribution >= 0.6 is 0 Å². The maximum absolute atomic E-state index is 5.80. The Morgan fingerprint density at radius 1 is 1.47 bits per heavy atom. The average molecular weight is 235 g/mol.